The van der Waals surface area contributed by atoms with Crippen molar-refractivity contribution in [1.29, 1.82) is 0 Å². The molecule has 2 N–H and O–H groups in total. The monoisotopic (exact) mass is 222 g/mol. The van der Waals surface area contributed by atoms with Gasteiger partial charge in [-0.1, -0.05) is 0 Å². The van der Waals surface area contributed by atoms with Crippen molar-refractivity contribution < 1.29 is 4.92 Å². The Balaban J connectivity index is 2.09. The molecule has 1 atom stereocenters. The fourth-order valence-electron chi connectivity index (χ4n) is 2.39. The second-order valence-electron chi connectivity index (χ2n) is 4.68. The van der Waals surface area contributed by atoms with Crippen LogP contribution >= 0.6 is 0 Å². The highest BCUT2D eigenvalue weighted by molar-refractivity contribution is 5.34. The van der Waals surface area contributed by atoms with Crippen LogP contribution in [-0.2, 0) is 13.0 Å². The largest absolute Gasteiger partial charge is 0.385 e. The molecule has 1 aliphatic carbocycles. The number of fused-ring (bicyclic) bond motifs is 1. The molecule has 1 aliphatic heterocycles. The van der Waals surface area contributed by atoms with E-state index in [4.69, 9.17) is 5.73 Å². The van der Waals surface area contributed by atoms with Crippen molar-refractivity contribution >= 4 is 5.82 Å². The molecule has 1 unspecified atom stereocenters. The van der Waals surface area contributed by atoms with Crippen LogP contribution in [-0.4, -0.2) is 20.5 Å². The summed E-state index contributed by atoms with van der Waals surface area (Å²) in [4.78, 5) is 14.7. The Bertz CT molecular complexity index is 450. The Morgan fingerprint density at radius 3 is 2.81 bits per heavy atom. The van der Waals surface area contributed by atoms with Gasteiger partial charge in [-0.25, -0.2) is 0 Å². The number of hydrogen-bond acceptors (Lipinski definition) is 4. The van der Waals surface area contributed by atoms with E-state index in [-0.39, 0.29) is 16.8 Å². The van der Waals surface area contributed by atoms with Crippen LogP contribution in [0.2, 0.25) is 0 Å². The van der Waals surface area contributed by atoms with Crippen LogP contribution in [0.5, 0.6) is 0 Å². The standard InChI is InChI=1S/C10H14N4O2/c11-7-3-4-13-8(5-7)10(14(15)16)12-9(13)6-1-2-6/h6-7H,1-5,11H2. The zero-order chi connectivity index (χ0) is 11.3. The van der Waals surface area contributed by atoms with E-state index >= 15 is 0 Å². The molecule has 0 bridgehead atoms. The van der Waals surface area contributed by atoms with Gasteiger partial charge in [-0.3, -0.25) is 0 Å². The first-order valence-electron chi connectivity index (χ1n) is 5.66. The highest BCUT2D eigenvalue weighted by atomic mass is 16.6. The molecule has 6 nitrogen and oxygen atoms in total. The highest BCUT2D eigenvalue weighted by Gasteiger charge is 2.39. The van der Waals surface area contributed by atoms with E-state index in [2.05, 4.69) is 4.98 Å². The lowest BCUT2D eigenvalue weighted by Gasteiger charge is -2.20. The summed E-state index contributed by atoms with van der Waals surface area (Å²) >= 11 is 0. The van der Waals surface area contributed by atoms with Gasteiger partial charge in [0.15, 0.2) is 0 Å². The third kappa shape index (κ3) is 1.41. The quantitative estimate of drug-likeness (QED) is 0.596. The molecule has 2 heterocycles. The van der Waals surface area contributed by atoms with E-state index in [1.165, 1.54) is 0 Å². The van der Waals surface area contributed by atoms with Crippen LogP contribution in [0.3, 0.4) is 0 Å². The SMILES string of the molecule is NC1CCn2c(C3CC3)nc([N+](=O)[O-])c2C1. The molecule has 86 valence electrons. The van der Waals surface area contributed by atoms with Gasteiger partial charge in [-0.05, 0) is 29.2 Å². The maximum Gasteiger partial charge on any atom is 0.385 e. The van der Waals surface area contributed by atoms with Crippen molar-refractivity contribution in [3.8, 4) is 0 Å². The number of imidazole rings is 1. The minimum Gasteiger partial charge on any atom is -0.358 e. The lowest BCUT2D eigenvalue weighted by atomic mass is 10.0. The molecule has 1 aromatic heterocycles. The number of nitrogens with two attached hydrogens (primary N) is 1. The summed E-state index contributed by atoms with van der Waals surface area (Å²) in [7, 11) is 0. The number of nitrogens with zero attached hydrogens (tertiary/aromatic N) is 3. The van der Waals surface area contributed by atoms with Crippen molar-refractivity contribution in [3.05, 3.63) is 21.6 Å². The van der Waals surface area contributed by atoms with E-state index in [0.717, 1.165) is 37.3 Å². The van der Waals surface area contributed by atoms with Gasteiger partial charge in [0, 0.05) is 24.9 Å². The van der Waals surface area contributed by atoms with Crippen LogP contribution in [0.15, 0.2) is 0 Å². The molecule has 3 rings (SSSR count). The first-order chi connectivity index (χ1) is 7.66. The summed E-state index contributed by atoms with van der Waals surface area (Å²) in [5.74, 6) is 1.38. The molecule has 0 spiro atoms. The predicted octanol–water partition coefficient (Wildman–Crippen LogP) is 0.942. The Hall–Kier alpha value is -1.43. The fourth-order valence-corrected chi connectivity index (χ4v) is 2.39. The Kier molecular flexibility index (Phi) is 2.00. The van der Waals surface area contributed by atoms with Crippen LogP contribution < -0.4 is 5.73 Å². The van der Waals surface area contributed by atoms with Crippen molar-refractivity contribution in [2.75, 3.05) is 0 Å². The second kappa shape index (κ2) is 3.28. The molecule has 0 aromatic carbocycles. The Morgan fingerprint density at radius 2 is 2.19 bits per heavy atom. The molecule has 16 heavy (non-hydrogen) atoms. The number of hydrogen-bond donors (Lipinski definition) is 1. The van der Waals surface area contributed by atoms with Crippen LogP contribution in [0.25, 0.3) is 0 Å². The second-order valence-corrected chi connectivity index (χ2v) is 4.68. The van der Waals surface area contributed by atoms with Crippen molar-refractivity contribution in [1.82, 2.24) is 9.55 Å². The van der Waals surface area contributed by atoms with Gasteiger partial charge < -0.3 is 20.4 Å². The minimum atomic E-state index is -0.379. The number of rotatable bonds is 2. The molecule has 2 aliphatic rings. The average Bonchev–Trinajstić information content (AvgIpc) is 2.99. The highest BCUT2D eigenvalue weighted by Crippen LogP contribution is 2.42. The van der Waals surface area contributed by atoms with Crippen molar-refractivity contribution in [2.24, 2.45) is 5.73 Å². The van der Waals surface area contributed by atoms with E-state index in [1.807, 2.05) is 4.57 Å². The van der Waals surface area contributed by atoms with Crippen LogP contribution in [0, 0.1) is 10.1 Å². The maximum absolute atomic E-state index is 10.9. The molecule has 0 amide bonds. The third-order valence-electron chi connectivity index (χ3n) is 3.38. The van der Waals surface area contributed by atoms with E-state index in [1.54, 1.807) is 0 Å². The van der Waals surface area contributed by atoms with Gasteiger partial charge in [0.1, 0.15) is 5.69 Å². The maximum atomic E-state index is 10.9. The van der Waals surface area contributed by atoms with Crippen molar-refractivity contribution in [3.63, 3.8) is 0 Å². The van der Waals surface area contributed by atoms with Crippen LogP contribution in [0.4, 0.5) is 5.82 Å². The molecule has 0 radical (unpaired) electrons. The van der Waals surface area contributed by atoms with Gasteiger partial charge in [0.05, 0.1) is 0 Å². The molecule has 0 saturated heterocycles. The molecule has 1 fully saturated rings. The van der Waals surface area contributed by atoms with Gasteiger partial charge in [0.25, 0.3) is 0 Å². The number of aromatic nitrogens is 2. The van der Waals surface area contributed by atoms with Crippen molar-refractivity contribution in [2.45, 2.75) is 44.2 Å². The summed E-state index contributed by atoms with van der Waals surface area (Å²) in [6.07, 6.45) is 3.69. The minimum absolute atomic E-state index is 0.0250. The lowest BCUT2D eigenvalue weighted by Crippen LogP contribution is -2.31. The van der Waals surface area contributed by atoms with E-state index < -0.39 is 0 Å². The predicted molar refractivity (Wildman–Crippen MR) is 57.2 cm³/mol. The van der Waals surface area contributed by atoms with E-state index in [0.29, 0.717) is 12.3 Å². The topological polar surface area (TPSA) is 87.0 Å². The molecule has 1 saturated carbocycles. The molecular weight excluding hydrogens is 208 g/mol. The molecule has 6 heteroatoms. The first kappa shape index (κ1) is 9.77. The average molecular weight is 222 g/mol. The zero-order valence-electron chi connectivity index (χ0n) is 8.93. The summed E-state index contributed by atoms with van der Waals surface area (Å²) in [5.41, 5.74) is 6.58. The summed E-state index contributed by atoms with van der Waals surface area (Å²) in [6, 6.07) is 0.0370. The van der Waals surface area contributed by atoms with Gasteiger partial charge >= 0.3 is 5.82 Å². The molecular formula is C10H14N4O2. The Morgan fingerprint density at radius 1 is 1.44 bits per heavy atom. The zero-order valence-corrected chi connectivity index (χ0v) is 8.93. The number of nitro groups is 1. The van der Waals surface area contributed by atoms with Gasteiger partial charge in [0.2, 0.25) is 5.82 Å². The van der Waals surface area contributed by atoms with E-state index in [9.17, 15) is 10.1 Å². The van der Waals surface area contributed by atoms with Gasteiger partial charge in [-0.15, -0.1) is 0 Å². The normalized spacial score (nSPS) is 24.2. The molecule has 1 aromatic rings. The van der Waals surface area contributed by atoms with Crippen LogP contribution in [0.1, 0.15) is 36.7 Å². The first-order valence-corrected chi connectivity index (χ1v) is 5.66. The van der Waals surface area contributed by atoms with Gasteiger partial charge in [-0.2, -0.15) is 0 Å². The fraction of sp³-hybridized carbons (Fsp3) is 0.700. The third-order valence-corrected chi connectivity index (χ3v) is 3.38. The lowest BCUT2D eigenvalue weighted by molar-refractivity contribution is -0.390. The summed E-state index contributed by atoms with van der Waals surface area (Å²) < 4.78 is 2.03. The summed E-state index contributed by atoms with van der Waals surface area (Å²) in [5, 5.41) is 10.9. The summed E-state index contributed by atoms with van der Waals surface area (Å²) in [6.45, 7) is 0.781. The smallest absolute Gasteiger partial charge is 0.358 e. The Labute approximate surface area is 92.6 Å².